The fraction of sp³-hybridized carbons (Fsp3) is 0.429. The topological polar surface area (TPSA) is 6.48 Å². The molecular formula is C63H73BN2. The molecule has 0 spiro atoms. The fourth-order valence-electron chi connectivity index (χ4n) is 12.9. The molecule has 0 fully saturated rings. The molecule has 0 aromatic heterocycles. The second-order valence-corrected chi connectivity index (χ2v) is 23.6. The molecule has 2 nitrogen and oxygen atoms in total. The van der Waals surface area contributed by atoms with Gasteiger partial charge in [-0.3, -0.25) is 0 Å². The summed E-state index contributed by atoms with van der Waals surface area (Å²) in [5, 5.41) is 0. The summed E-state index contributed by atoms with van der Waals surface area (Å²) >= 11 is 0. The molecule has 3 heteroatoms. The molecule has 6 aromatic rings. The Labute approximate surface area is 398 Å². The third kappa shape index (κ3) is 7.56. The molecule has 0 unspecified atom stereocenters. The van der Waals surface area contributed by atoms with E-state index in [0.29, 0.717) is 0 Å². The third-order valence-corrected chi connectivity index (χ3v) is 16.9. The third-order valence-electron chi connectivity index (χ3n) is 16.9. The Bertz CT molecular complexity index is 2840. The van der Waals surface area contributed by atoms with Crippen LogP contribution in [0, 0.1) is 6.92 Å². The maximum absolute atomic E-state index is 2.74. The molecule has 0 saturated carbocycles. The lowest BCUT2D eigenvalue weighted by molar-refractivity contribution is 0.332. The van der Waals surface area contributed by atoms with E-state index in [-0.39, 0.29) is 23.0 Å². The number of hydrogen-bond acceptors (Lipinski definition) is 2. The SMILES string of the molecule is Cc1cc2c3c(c1)N(c1ccc(C(C)(C)C)cc1-c1ccccc1)c1cc4c(cc1B3c1cc3c(cc1N2c1ccc2c(c1)CCCCCCC2)CCCCCCC3)C(C)(C)CCC4(C)C. The normalized spacial score (nSPS) is 18.7. The minimum atomic E-state index is 0.0105. The van der Waals surface area contributed by atoms with Gasteiger partial charge < -0.3 is 9.80 Å². The van der Waals surface area contributed by atoms with E-state index in [9.17, 15) is 0 Å². The quantitative estimate of drug-likeness (QED) is 0.163. The molecule has 6 aromatic carbocycles. The molecule has 0 radical (unpaired) electrons. The summed E-state index contributed by atoms with van der Waals surface area (Å²) in [6, 6.07) is 42.2. The van der Waals surface area contributed by atoms with Crippen LogP contribution in [-0.4, -0.2) is 6.71 Å². The van der Waals surface area contributed by atoms with Crippen LogP contribution < -0.4 is 26.2 Å². The first kappa shape index (κ1) is 43.5. The minimum Gasteiger partial charge on any atom is -0.311 e. The number of anilines is 6. The Kier molecular flexibility index (Phi) is 11.0. The Morgan fingerprint density at radius 2 is 1.02 bits per heavy atom. The number of rotatable bonds is 3. The van der Waals surface area contributed by atoms with Gasteiger partial charge in [-0.05, 0) is 202 Å². The van der Waals surface area contributed by atoms with Gasteiger partial charge in [0.25, 0.3) is 6.71 Å². The van der Waals surface area contributed by atoms with Crippen molar-refractivity contribution in [1.82, 2.24) is 0 Å². The lowest BCUT2D eigenvalue weighted by Gasteiger charge is -2.48. The largest absolute Gasteiger partial charge is 0.311 e. The standard InChI is InChI=1S/C63H73BN2/c1-42-34-58-60-59(35-42)66(55-31-29-48(61(2,3)4)39-50(55)44-23-20-15-21-24-44)57-41-52-51(62(5,6)32-33-63(52,7)8)40-54(57)64(60)53-37-46-26-18-13-10-14-19-27-47(46)38-56(53)65(58)49-30-28-43-22-16-11-9-12-17-25-45(43)36-49/h15,20-21,23-24,28-31,34-41H,9-14,16-19,22,25-27,32-33H2,1-8H3. The molecule has 0 saturated heterocycles. The highest BCUT2D eigenvalue weighted by Crippen LogP contribution is 2.52. The molecule has 0 bridgehead atoms. The molecule has 338 valence electrons. The van der Waals surface area contributed by atoms with Gasteiger partial charge in [-0.15, -0.1) is 0 Å². The van der Waals surface area contributed by atoms with Crippen LogP contribution in [0.3, 0.4) is 0 Å². The van der Waals surface area contributed by atoms with E-state index in [4.69, 9.17) is 0 Å². The second kappa shape index (κ2) is 16.6. The molecule has 3 aliphatic carbocycles. The number of benzene rings is 6. The highest BCUT2D eigenvalue weighted by Gasteiger charge is 2.47. The summed E-state index contributed by atoms with van der Waals surface area (Å²) in [4.78, 5) is 5.47. The van der Waals surface area contributed by atoms with Crippen molar-refractivity contribution in [2.75, 3.05) is 9.80 Å². The molecule has 2 heterocycles. The van der Waals surface area contributed by atoms with E-state index in [1.54, 1.807) is 27.8 Å². The first-order valence-electron chi connectivity index (χ1n) is 26.2. The molecule has 66 heavy (non-hydrogen) atoms. The number of hydrogen-bond donors (Lipinski definition) is 0. The zero-order valence-electron chi connectivity index (χ0n) is 41.6. The number of nitrogens with zero attached hydrogens (tertiary/aromatic N) is 2. The Hall–Kier alpha value is -5.02. The van der Waals surface area contributed by atoms with Gasteiger partial charge in [0.15, 0.2) is 0 Å². The van der Waals surface area contributed by atoms with Crippen LogP contribution >= 0.6 is 0 Å². The van der Waals surface area contributed by atoms with Crippen molar-refractivity contribution in [3.63, 3.8) is 0 Å². The smallest absolute Gasteiger partial charge is 0.252 e. The monoisotopic (exact) mass is 869 g/mol. The molecular weight excluding hydrogens is 796 g/mol. The fourth-order valence-corrected chi connectivity index (χ4v) is 12.9. The highest BCUT2D eigenvalue weighted by atomic mass is 15.2. The molecule has 5 aliphatic rings. The lowest BCUT2D eigenvalue weighted by Crippen LogP contribution is -2.62. The maximum Gasteiger partial charge on any atom is 0.252 e. The van der Waals surface area contributed by atoms with Gasteiger partial charge in [-0.1, -0.05) is 142 Å². The van der Waals surface area contributed by atoms with Gasteiger partial charge >= 0.3 is 0 Å². The molecule has 11 rings (SSSR count). The van der Waals surface area contributed by atoms with Crippen LogP contribution in [0.25, 0.3) is 11.1 Å². The summed E-state index contributed by atoms with van der Waals surface area (Å²) < 4.78 is 0. The number of aryl methyl sites for hydroxylation is 5. The summed E-state index contributed by atoms with van der Waals surface area (Å²) in [5.74, 6) is 0. The predicted octanol–water partition coefficient (Wildman–Crippen LogP) is 15.5. The van der Waals surface area contributed by atoms with Crippen molar-refractivity contribution in [3.05, 3.63) is 148 Å². The summed E-state index contributed by atoms with van der Waals surface area (Å²) in [7, 11) is 0. The first-order valence-corrected chi connectivity index (χ1v) is 26.2. The van der Waals surface area contributed by atoms with Crippen molar-refractivity contribution >= 4 is 57.2 Å². The van der Waals surface area contributed by atoms with Crippen LogP contribution in [0.2, 0.25) is 0 Å². The van der Waals surface area contributed by atoms with Gasteiger partial charge in [-0.2, -0.15) is 0 Å². The Morgan fingerprint density at radius 1 is 0.470 bits per heavy atom. The van der Waals surface area contributed by atoms with Gasteiger partial charge in [0.2, 0.25) is 0 Å². The van der Waals surface area contributed by atoms with Crippen molar-refractivity contribution in [1.29, 1.82) is 0 Å². The molecule has 0 amide bonds. The average Bonchev–Trinajstić information content (AvgIpc) is 3.49. The minimum absolute atomic E-state index is 0.0105. The van der Waals surface area contributed by atoms with Crippen LogP contribution in [0.4, 0.5) is 34.1 Å². The van der Waals surface area contributed by atoms with E-state index in [1.165, 1.54) is 181 Å². The number of fused-ring (bicyclic) bond motifs is 7. The van der Waals surface area contributed by atoms with Gasteiger partial charge in [0.1, 0.15) is 0 Å². The van der Waals surface area contributed by atoms with Gasteiger partial charge in [0, 0.05) is 34.0 Å². The van der Waals surface area contributed by atoms with Crippen LogP contribution in [0.5, 0.6) is 0 Å². The maximum atomic E-state index is 2.74. The van der Waals surface area contributed by atoms with Crippen LogP contribution in [0.15, 0.2) is 103 Å². The van der Waals surface area contributed by atoms with Crippen molar-refractivity contribution in [2.45, 2.75) is 174 Å². The Morgan fingerprint density at radius 3 is 1.67 bits per heavy atom. The summed E-state index contributed by atoms with van der Waals surface area (Å²) in [6.45, 7) is 19.6. The van der Waals surface area contributed by atoms with Crippen LogP contribution in [0.1, 0.15) is 170 Å². The summed E-state index contributed by atoms with van der Waals surface area (Å²) in [6.07, 6.45) is 20.3. The predicted molar refractivity (Wildman–Crippen MR) is 286 cm³/mol. The molecule has 0 atom stereocenters. The lowest BCUT2D eigenvalue weighted by atomic mass is 9.33. The van der Waals surface area contributed by atoms with E-state index >= 15 is 0 Å². The molecule has 0 N–H and O–H groups in total. The Balaban J connectivity index is 1.24. The summed E-state index contributed by atoms with van der Waals surface area (Å²) in [5.41, 5.74) is 27.2. The second-order valence-electron chi connectivity index (χ2n) is 23.6. The van der Waals surface area contributed by atoms with Crippen molar-refractivity contribution in [3.8, 4) is 11.1 Å². The van der Waals surface area contributed by atoms with Gasteiger partial charge in [0.05, 0.1) is 5.69 Å². The van der Waals surface area contributed by atoms with Gasteiger partial charge in [-0.25, -0.2) is 0 Å². The van der Waals surface area contributed by atoms with E-state index in [0.717, 1.165) is 0 Å². The van der Waals surface area contributed by atoms with Crippen molar-refractivity contribution in [2.24, 2.45) is 0 Å². The highest BCUT2D eigenvalue weighted by molar-refractivity contribution is 7.00. The van der Waals surface area contributed by atoms with Crippen LogP contribution in [-0.2, 0) is 41.9 Å². The van der Waals surface area contributed by atoms with E-state index in [2.05, 4.69) is 168 Å². The zero-order valence-corrected chi connectivity index (χ0v) is 41.6. The molecule has 2 aliphatic heterocycles. The van der Waals surface area contributed by atoms with E-state index < -0.39 is 0 Å². The average molecular weight is 869 g/mol. The zero-order chi connectivity index (χ0) is 45.5. The first-order chi connectivity index (χ1) is 31.8. The van der Waals surface area contributed by atoms with E-state index in [1.807, 2.05) is 0 Å². The van der Waals surface area contributed by atoms with Crippen molar-refractivity contribution < 1.29 is 0 Å².